The molecule has 0 amide bonds. The predicted molar refractivity (Wildman–Crippen MR) is 95.7 cm³/mol. The van der Waals surface area contributed by atoms with Gasteiger partial charge < -0.3 is 19.5 Å². The van der Waals surface area contributed by atoms with Crippen molar-refractivity contribution in [1.29, 1.82) is 0 Å². The number of hydrogen-bond acceptors (Lipinski definition) is 4. The Hall–Kier alpha value is -1.72. The van der Waals surface area contributed by atoms with Crippen molar-refractivity contribution >= 4 is 15.9 Å². The third-order valence-electron chi connectivity index (χ3n) is 3.59. The molecule has 0 saturated heterocycles. The second-order valence-electron chi connectivity index (χ2n) is 5.08. The van der Waals surface area contributed by atoms with E-state index in [0.717, 1.165) is 46.8 Å². The van der Waals surface area contributed by atoms with Gasteiger partial charge in [-0.2, -0.15) is 0 Å². The Morgan fingerprint density at radius 3 is 2.43 bits per heavy atom. The van der Waals surface area contributed by atoms with Gasteiger partial charge in [-0.05, 0) is 64.3 Å². The second kappa shape index (κ2) is 8.79. The molecule has 2 aromatic carbocycles. The third kappa shape index (κ3) is 4.88. The lowest BCUT2D eigenvalue weighted by Gasteiger charge is -2.13. The summed E-state index contributed by atoms with van der Waals surface area (Å²) in [5.41, 5.74) is 2.32. The van der Waals surface area contributed by atoms with Crippen LogP contribution in [-0.2, 0) is 13.0 Å². The summed E-state index contributed by atoms with van der Waals surface area (Å²) in [4.78, 5) is 0. The van der Waals surface area contributed by atoms with Crippen molar-refractivity contribution in [2.24, 2.45) is 0 Å². The molecule has 0 aliphatic carbocycles. The fourth-order valence-electron chi connectivity index (χ4n) is 2.36. The fourth-order valence-corrected chi connectivity index (χ4v) is 2.84. The van der Waals surface area contributed by atoms with E-state index < -0.39 is 0 Å². The molecule has 0 aromatic heterocycles. The van der Waals surface area contributed by atoms with Crippen molar-refractivity contribution in [1.82, 2.24) is 5.32 Å². The van der Waals surface area contributed by atoms with Gasteiger partial charge in [0.1, 0.15) is 17.2 Å². The van der Waals surface area contributed by atoms with E-state index in [1.54, 1.807) is 21.3 Å². The van der Waals surface area contributed by atoms with Crippen LogP contribution in [-0.4, -0.2) is 27.9 Å². The Morgan fingerprint density at radius 2 is 1.74 bits per heavy atom. The van der Waals surface area contributed by atoms with Crippen LogP contribution in [0.2, 0.25) is 0 Å². The van der Waals surface area contributed by atoms with Crippen molar-refractivity contribution in [3.05, 3.63) is 52.0 Å². The van der Waals surface area contributed by atoms with Crippen molar-refractivity contribution in [3.8, 4) is 17.2 Å². The lowest BCUT2D eigenvalue weighted by Crippen LogP contribution is -2.17. The largest absolute Gasteiger partial charge is 0.497 e. The molecule has 0 fully saturated rings. The van der Waals surface area contributed by atoms with E-state index in [0.29, 0.717) is 0 Å². The third-order valence-corrected chi connectivity index (χ3v) is 4.21. The minimum absolute atomic E-state index is 0.799. The van der Waals surface area contributed by atoms with Crippen molar-refractivity contribution in [3.63, 3.8) is 0 Å². The van der Waals surface area contributed by atoms with Gasteiger partial charge in [0.15, 0.2) is 0 Å². The molecule has 124 valence electrons. The summed E-state index contributed by atoms with van der Waals surface area (Å²) >= 11 is 3.48. The maximum absolute atomic E-state index is 5.44. The van der Waals surface area contributed by atoms with E-state index in [2.05, 4.69) is 27.3 Å². The number of ether oxygens (including phenoxy) is 3. The van der Waals surface area contributed by atoms with Gasteiger partial charge in [-0.3, -0.25) is 0 Å². The molecule has 5 heteroatoms. The fraction of sp³-hybridized carbons (Fsp3) is 0.333. The molecule has 0 aliphatic heterocycles. The molecule has 2 aromatic rings. The molecular weight excluding hydrogens is 358 g/mol. The first kappa shape index (κ1) is 17.6. The molecule has 1 N–H and O–H groups in total. The molecule has 4 nitrogen and oxygen atoms in total. The van der Waals surface area contributed by atoms with Gasteiger partial charge in [0, 0.05) is 6.54 Å². The van der Waals surface area contributed by atoms with Crippen LogP contribution in [0.3, 0.4) is 0 Å². The summed E-state index contributed by atoms with van der Waals surface area (Å²) in [5.74, 6) is 2.55. The zero-order valence-electron chi connectivity index (χ0n) is 13.7. The molecule has 2 rings (SSSR count). The highest BCUT2D eigenvalue weighted by atomic mass is 79.9. The summed E-state index contributed by atoms with van der Waals surface area (Å²) in [5, 5.41) is 3.44. The minimum atomic E-state index is 0.799. The zero-order valence-corrected chi connectivity index (χ0v) is 15.3. The standard InChI is InChI=1S/C18H22BrNO3/c1-21-15-6-4-5-13(9-15)12-20-8-7-14-10-18(23-3)16(19)11-17(14)22-2/h4-6,9-11,20H,7-8,12H2,1-3H3. The topological polar surface area (TPSA) is 39.7 Å². The first-order chi connectivity index (χ1) is 11.2. The Balaban J connectivity index is 1.93. The summed E-state index contributed by atoms with van der Waals surface area (Å²) in [6.07, 6.45) is 0.858. The second-order valence-corrected chi connectivity index (χ2v) is 5.93. The molecule has 0 aliphatic rings. The molecule has 0 radical (unpaired) electrons. The van der Waals surface area contributed by atoms with E-state index in [1.165, 1.54) is 5.56 Å². The van der Waals surface area contributed by atoms with Gasteiger partial charge in [-0.25, -0.2) is 0 Å². The highest BCUT2D eigenvalue weighted by Gasteiger charge is 2.09. The molecule has 0 atom stereocenters. The number of rotatable bonds is 8. The van der Waals surface area contributed by atoms with Gasteiger partial charge >= 0.3 is 0 Å². The monoisotopic (exact) mass is 379 g/mol. The minimum Gasteiger partial charge on any atom is -0.497 e. The number of hydrogen-bond donors (Lipinski definition) is 1. The van der Waals surface area contributed by atoms with E-state index in [9.17, 15) is 0 Å². The van der Waals surface area contributed by atoms with E-state index in [-0.39, 0.29) is 0 Å². The molecule has 0 bridgehead atoms. The lowest BCUT2D eigenvalue weighted by atomic mass is 10.1. The van der Waals surface area contributed by atoms with Crippen molar-refractivity contribution < 1.29 is 14.2 Å². The van der Waals surface area contributed by atoms with Crippen molar-refractivity contribution in [2.75, 3.05) is 27.9 Å². The molecule has 23 heavy (non-hydrogen) atoms. The quantitative estimate of drug-likeness (QED) is 0.707. The van der Waals surface area contributed by atoms with Crippen molar-refractivity contribution in [2.45, 2.75) is 13.0 Å². The predicted octanol–water partition coefficient (Wildman–Crippen LogP) is 3.81. The number of halogens is 1. The normalized spacial score (nSPS) is 10.4. The molecular formula is C18H22BrNO3. The number of nitrogens with one attached hydrogen (secondary N) is 1. The average Bonchev–Trinajstić information content (AvgIpc) is 2.59. The first-order valence-corrected chi connectivity index (χ1v) is 8.21. The lowest BCUT2D eigenvalue weighted by molar-refractivity contribution is 0.396. The van der Waals surface area contributed by atoms with E-state index in [1.807, 2.05) is 30.3 Å². The van der Waals surface area contributed by atoms with Crippen LogP contribution in [0, 0.1) is 0 Å². The highest BCUT2D eigenvalue weighted by molar-refractivity contribution is 9.10. The van der Waals surface area contributed by atoms with Crippen LogP contribution in [0.5, 0.6) is 17.2 Å². The van der Waals surface area contributed by atoms with Crippen LogP contribution in [0.1, 0.15) is 11.1 Å². The smallest absolute Gasteiger partial charge is 0.133 e. The summed E-state index contributed by atoms with van der Waals surface area (Å²) in [7, 11) is 5.03. The van der Waals surface area contributed by atoms with Crippen LogP contribution < -0.4 is 19.5 Å². The van der Waals surface area contributed by atoms with Gasteiger partial charge in [-0.1, -0.05) is 12.1 Å². The molecule has 0 unspecified atom stereocenters. The van der Waals surface area contributed by atoms with E-state index in [4.69, 9.17) is 14.2 Å². The molecule has 0 heterocycles. The Morgan fingerprint density at radius 1 is 0.957 bits per heavy atom. The average molecular weight is 380 g/mol. The Bertz CT molecular complexity index is 646. The van der Waals surface area contributed by atoms with E-state index >= 15 is 0 Å². The number of methoxy groups -OCH3 is 3. The summed E-state index contributed by atoms with van der Waals surface area (Å²) < 4.78 is 16.9. The van der Waals surface area contributed by atoms with Gasteiger partial charge in [0.25, 0.3) is 0 Å². The van der Waals surface area contributed by atoms with Gasteiger partial charge in [-0.15, -0.1) is 0 Å². The van der Waals surface area contributed by atoms with Gasteiger partial charge in [0.2, 0.25) is 0 Å². The van der Waals surface area contributed by atoms with Gasteiger partial charge in [0.05, 0.1) is 25.8 Å². The SMILES string of the molecule is COc1cccc(CNCCc2cc(OC)c(Br)cc2OC)c1. The highest BCUT2D eigenvalue weighted by Crippen LogP contribution is 2.32. The zero-order chi connectivity index (χ0) is 16.7. The molecule has 0 spiro atoms. The Labute approximate surface area is 145 Å². The molecule has 0 saturated carbocycles. The maximum Gasteiger partial charge on any atom is 0.133 e. The maximum atomic E-state index is 5.44. The van der Waals surface area contributed by atoms with Crippen LogP contribution >= 0.6 is 15.9 Å². The van der Waals surface area contributed by atoms with Crippen LogP contribution in [0.4, 0.5) is 0 Å². The summed E-state index contributed by atoms with van der Waals surface area (Å²) in [6, 6.07) is 12.0. The van der Waals surface area contributed by atoms with Crippen LogP contribution in [0.25, 0.3) is 0 Å². The number of benzene rings is 2. The first-order valence-electron chi connectivity index (χ1n) is 7.42. The summed E-state index contributed by atoms with van der Waals surface area (Å²) in [6.45, 7) is 1.64. The van der Waals surface area contributed by atoms with Crippen LogP contribution in [0.15, 0.2) is 40.9 Å². The Kier molecular flexibility index (Phi) is 6.74.